The van der Waals surface area contributed by atoms with Crippen LogP contribution in [0.25, 0.3) is 0 Å². The van der Waals surface area contributed by atoms with E-state index in [1.807, 2.05) is 0 Å². The average Bonchev–Trinajstić information content (AvgIpc) is 2.26. The second-order valence-corrected chi connectivity index (χ2v) is 4.96. The first-order valence-corrected chi connectivity index (χ1v) is 6.16. The van der Waals surface area contributed by atoms with Gasteiger partial charge in [-0.2, -0.15) is 0 Å². The van der Waals surface area contributed by atoms with Crippen molar-refractivity contribution < 1.29 is 19.6 Å². The lowest BCUT2D eigenvalue weighted by atomic mass is 10.3. The fourth-order valence-electron chi connectivity index (χ4n) is 1.03. The number of rotatable bonds is 5. The van der Waals surface area contributed by atoms with E-state index in [-0.39, 0.29) is 18.0 Å². The Morgan fingerprint density at radius 1 is 1.50 bits per heavy atom. The quantitative estimate of drug-likeness (QED) is 0.592. The molecule has 1 unspecified atom stereocenters. The Balaban J connectivity index is 2.90. The Bertz CT molecular complexity index is 471. The third-order valence-corrected chi connectivity index (χ3v) is 3.10. The van der Waals surface area contributed by atoms with Crippen LogP contribution in [0.15, 0.2) is 21.1 Å². The smallest absolute Gasteiger partial charge is 0.324 e. The molecule has 1 aromatic carbocycles. The molecule has 0 aromatic heterocycles. The molecule has 7 nitrogen and oxygen atoms in total. The van der Waals surface area contributed by atoms with Crippen molar-refractivity contribution in [2.24, 2.45) is 5.73 Å². The van der Waals surface area contributed by atoms with Crippen LogP contribution in [0.2, 0.25) is 0 Å². The van der Waals surface area contributed by atoms with Gasteiger partial charge in [0.25, 0.3) is 5.69 Å². The molecule has 0 heterocycles. The summed E-state index contributed by atoms with van der Waals surface area (Å²) >= 11 is 6.21. The van der Waals surface area contributed by atoms with Crippen molar-refractivity contribution in [3.8, 4) is 5.75 Å². The predicted octanol–water partition coefficient (Wildman–Crippen LogP) is 1.91. The van der Waals surface area contributed by atoms with Crippen LogP contribution in [0.5, 0.6) is 5.75 Å². The van der Waals surface area contributed by atoms with Crippen molar-refractivity contribution in [3.63, 3.8) is 0 Å². The summed E-state index contributed by atoms with van der Waals surface area (Å²) in [5.74, 6) is -0.929. The summed E-state index contributed by atoms with van der Waals surface area (Å²) in [4.78, 5) is 20.6. The highest BCUT2D eigenvalue weighted by Gasteiger charge is 2.18. The maximum absolute atomic E-state index is 10.6. The second kappa shape index (κ2) is 6.12. The van der Waals surface area contributed by atoms with E-state index in [1.165, 1.54) is 12.1 Å². The van der Waals surface area contributed by atoms with Crippen LogP contribution in [0.3, 0.4) is 0 Å². The molecule has 1 atom stereocenters. The summed E-state index contributed by atoms with van der Waals surface area (Å²) < 4.78 is 5.87. The van der Waals surface area contributed by atoms with E-state index in [9.17, 15) is 14.9 Å². The number of benzene rings is 1. The zero-order chi connectivity index (χ0) is 13.9. The van der Waals surface area contributed by atoms with Gasteiger partial charge >= 0.3 is 5.97 Å². The number of carboxylic acid groups (broad SMARTS) is 1. The number of nitro benzene ring substituents is 1. The number of nitro groups is 1. The SMILES string of the molecule is NC(COc1c(Br)cc([N+](=O)[O-])cc1Br)C(=O)O. The number of carbonyl (C=O) groups is 1. The van der Waals surface area contributed by atoms with Crippen LogP contribution in [0.1, 0.15) is 0 Å². The Hall–Kier alpha value is -1.19. The van der Waals surface area contributed by atoms with Gasteiger partial charge in [-0.05, 0) is 31.9 Å². The van der Waals surface area contributed by atoms with Crippen molar-refractivity contribution >= 4 is 43.5 Å². The lowest BCUT2D eigenvalue weighted by Crippen LogP contribution is -2.36. The molecule has 0 radical (unpaired) electrons. The van der Waals surface area contributed by atoms with Gasteiger partial charge in [-0.15, -0.1) is 0 Å². The molecule has 0 saturated heterocycles. The number of halogens is 2. The Morgan fingerprint density at radius 3 is 2.39 bits per heavy atom. The largest absolute Gasteiger partial charge is 0.489 e. The highest BCUT2D eigenvalue weighted by Crippen LogP contribution is 2.37. The van der Waals surface area contributed by atoms with E-state index >= 15 is 0 Å². The van der Waals surface area contributed by atoms with E-state index in [0.29, 0.717) is 8.95 Å². The lowest BCUT2D eigenvalue weighted by molar-refractivity contribution is -0.385. The van der Waals surface area contributed by atoms with Gasteiger partial charge in [-0.3, -0.25) is 14.9 Å². The highest BCUT2D eigenvalue weighted by molar-refractivity contribution is 9.11. The normalized spacial score (nSPS) is 11.9. The van der Waals surface area contributed by atoms with Gasteiger partial charge in [0.1, 0.15) is 18.4 Å². The lowest BCUT2D eigenvalue weighted by Gasteiger charge is -2.12. The summed E-state index contributed by atoms with van der Waals surface area (Å²) in [6.07, 6.45) is 0. The number of carboxylic acids is 1. The van der Waals surface area contributed by atoms with Crippen molar-refractivity contribution in [2.75, 3.05) is 6.61 Å². The van der Waals surface area contributed by atoms with Gasteiger partial charge in [-0.1, -0.05) is 0 Å². The summed E-state index contributed by atoms with van der Waals surface area (Å²) in [7, 11) is 0. The van der Waals surface area contributed by atoms with Gasteiger partial charge < -0.3 is 15.6 Å². The summed E-state index contributed by atoms with van der Waals surface area (Å²) in [6, 6.07) is 1.35. The van der Waals surface area contributed by atoms with Crippen molar-refractivity contribution in [1.29, 1.82) is 0 Å². The Morgan fingerprint density at radius 2 is 2.00 bits per heavy atom. The molecule has 0 aliphatic carbocycles. The van der Waals surface area contributed by atoms with E-state index in [1.54, 1.807) is 0 Å². The van der Waals surface area contributed by atoms with E-state index < -0.39 is 16.9 Å². The van der Waals surface area contributed by atoms with Crippen LogP contribution in [-0.2, 0) is 4.79 Å². The summed E-state index contributed by atoms with van der Waals surface area (Å²) in [5.41, 5.74) is 5.16. The standard InChI is InChI=1S/C9H8Br2N2O5/c10-5-1-4(13(16)17)2-6(11)8(5)18-3-7(12)9(14)15/h1-2,7H,3,12H2,(H,14,15). The van der Waals surface area contributed by atoms with Crippen molar-refractivity contribution in [3.05, 3.63) is 31.2 Å². The first-order chi connectivity index (χ1) is 8.32. The van der Waals surface area contributed by atoms with Crippen LogP contribution in [0.4, 0.5) is 5.69 Å². The molecule has 98 valence electrons. The molecule has 1 aromatic rings. The minimum atomic E-state index is -1.19. The molecular weight excluding hydrogens is 376 g/mol. The van der Waals surface area contributed by atoms with Crippen LogP contribution in [-0.4, -0.2) is 28.6 Å². The number of non-ortho nitro benzene ring substituents is 1. The number of hydrogen-bond acceptors (Lipinski definition) is 5. The molecule has 0 saturated carbocycles. The van der Waals surface area contributed by atoms with Gasteiger partial charge in [0.15, 0.2) is 0 Å². The van der Waals surface area contributed by atoms with Gasteiger partial charge in [-0.25, -0.2) is 0 Å². The van der Waals surface area contributed by atoms with Crippen LogP contribution in [0, 0.1) is 10.1 Å². The van der Waals surface area contributed by atoms with Gasteiger partial charge in [0.05, 0.1) is 13.9 Å². The molecule has 0 aliphatic rings. The zero-order valence-electron chi connectivity index (χ0n) is 8.80. The highest BCUT2D eigenvalue weighted by atomic mass is 79.9. The van der Waals surface area contributed by atoms with E-state index in [0.717, 1.165) is 0 Å². The molecule has 0 bridgehead atoms. The summed E-state index contributed by atoms with van der Waals surface area (Å²) in [6.45, 7) is -0.246. The summed E-state index contributed by atoms with van der Waals surface area (Å²) in [5, 5.41) is 19.2. The number of ether oxygens (including phenoxy) is 1. The van der Waals surface area contributed by atoms with Gasteiger partial charge in [0.2, 0.25) is 0 Å². The minimum absolute atomic E-state index is 0.122. The number of nitrogens with zero attached hydrogens (tertiary/aromatic N) is 1. The zero-order valence-corrected chi connectivity index (χ0v) is 12.0. The Labute approximate surface area is 118 Å². The molecule has 0 amide bonds. The predicted molar refractivity (Wildman–Crippen MR) is 69.6 cm³/mol. The molecule has 18 heavy (non-hydrogen) atoms. The van der Waals surface area contributed by atoms with Crippen molar-refractivity contribution in [2.45, 2.75) is 6.04 Å². The monoisotopic (exact) mass is 382 g/mol. The first kappa shape index (κ1) is 14.9. The molecule has 0 spiro atoms. The molecule has 9 heteroatoms. The number of nitrogens with two attached hydrogens (primary N) is 1. The average molecular weight is 384 g/mol. The molecule has 0 aliphatic heterocycles. The second-order valence-electron chi connectivity index (χ2n) is 3.25. The third-order valence-electron chi connectivity index (χ3n) is 1.92. The number of hydrogen-bond donors (Lipinski definition) is 2. The van der Waals surface area contributed by atoms with Gasteiger partial charge in [0, 0.05) is 12.1 Å². The molecule has 0 fully saturated rings. The van der Waals surface area contributed by atoms with E-state index in [2.05, 4.69) is 31.9 Å². The molecule has 1 rings (SSSR count). The maximum Gasteiger partial charge on any atom is 0.324 e. The maximum atomic E-state index is 10.6. The van der Waals surface area contributed by atoms with E-state index in [4.69, 9.17) is 15.6 Å². The number of aliphatic carboxylic acids is 1. The van der Waals surface area contributed by atoms with Crippen molar-refractivity contribution in [1.82, 2.24) is 0 Å². The topological polar surface area (TPSA) is 116 Å². The Kier molecular flexibility index (Phi) is 5.05. The molecular formula is C9H8Br2N2O5. The fourth-order valence-corrected chi connectivity index (χ4v) is 2.43. The van der Waals surface area contributed by atoms with Crippen LogP contribution < -0.4 is 10.5 Å². The van der Waals surface area contributed by atoms with Crippen LogP contribution >= 0.6 is 31.9 Å². The minimum Gasteiger partial charge on any atom is -0.489 e. The molecule has 3 N–H and O–H groups in total. The third kappa shape index (κ3) is 3.65. The first-order valence-electron chi connectivity index (χ1n) is 4.57. The fraction of sp³-hybridized carbons (Fsp3) is 0.222.